The standard InChI is InChI=1S/C30H31NO4/c1-17-11-13-19(3)28(33)26(17)31(27-18(2)12-14-20(4)29(27)34)24-9-7-8-10-25(24)35-30-21(5)15-23(32)16-22(30)6/h7-16,32-34H,1-6H3. The van der Waals surface area contributed by atoms with Crippen molar-refractivity contribution in [3.8, 4) is 28.7 Å². The lowest BCUT2D eigenvalue weighted by molar-refractivity contribution is 0.457. The summed E-state index contributed by atoms with van der Waals surface area (Å²) < 4.78 is 6.45. The molecule has 35 heavy (non-hydrogen) atoms. The van der Waals surface area contributed by atoms with Crippen molar-refractivity contribution in [3.63, 3.8) is 0 Å². The van der Waals surface area contributed by atoms with Gasteiger partial charge in [-0.2, -0.15) is 0 Å². The number of rotatable bonds is 5. The second-order valence-electron chi connectivity index (χ2n) is 9.11. The molecule has 5 heteroatoms. The van der Waals surface area contributed by atoms with Crippen molar-refractivity contribution in [2.45, 2.75) is 41.5 Å². The fourth-order valence-corrected chi connectivity index (χ4v) is 4.41. The van der Waals surface area contributed by atoms with Crippen LogP contribution in [0.4, 0.5) is 17.1 Å². The van der Waals surface area contributed by atoms with Gasteiger partial charge in [-0.15, -0.1) is 0 Å². The fraction of sp³-hybridized carbons (Fsp3) is 0.200. The van der Waals surface area contributed by atoms with Gasteiger partial charge in [0.1, 0.15) is 23.0 Å². The van der Waals surface area contributed by atoms with Crippen LogP contribution in [0.2, 0.25) is 0 Å². The number of ether oxygens (including phenoxy) is 1. The number of phenolic OH excluding ortho intramolecular Hbond substituents is 3. The molecule has 3 N–H and O–H groups in total. The zero-order chi connectivity index (χ0) is 25.4. The van der Waals surface area contributed by atoms with Gasteiger partial charge in [-0.05, 0) is 99.2 Å². The van der Waals surface area contributed by atoms with Crippen LogP contribution in [0.1, 0.15) is 33.4 Å². The molecule has 0 aliphatic heterocycles. The first-order valence-corrected chi connectivity index (χ1v) is 11.6. The summed E-state index contributed by atoms with van der Waals surface area (Å²) in [5, 5.41) is 32.4. The number of para-hydroxylation sites is 2. The van der Waals surface area contributed by atoms with Crippen molar-refractivity contribution in [3.05, 3.63) is 94.0 Å². The van der Waals surface area contributed by atoms with Crippen LogP contribution in [0.25, 0.3) is 0 Å². The number of hydrogen-bond acceptors (Lipinski definition) is 5. The Labute approximate surface area is 206 Å². The molecule has 0 bridgehead atoms. The molecule has 0 heterocycles. The minimum atomic E-state index is 0.136. The Hall–Kier alpha value is -4.12. The van der Waals surface area contributed by atoms with Gasteiger partial charge in [0.05, 0.1) is 17.1 Å². The highest BCUT2D eigenvalue weighted by Crippen LogP contribution is 2.51. The van der Waals surface area contributed by atoms with Gasteiger partial charge in [-0.1, -0.05) is 36.4 Å². The highest BCUT2D eigenvalue weighted by atomic mass is 16.5. The summed E-state index contributed by atoms with van der Waals surface area (Å²) in [6.07, 6.45) is 0. The van der Waals surface area contributed by atoms with E-state index in [1.54, 1.807) is 12.1 Å². The number of anilines is 3. The maximum absolute atomic E-state index is 11.2. The van der Waals surface area contributed by atoms with Gasteiger partial charge in [0.15, 0.2) is 5.75 Å². The molecule has 0 radical (unpaired) electrons. The summed E-state index contributed by atoms with van der Waals surface area (Å²) >= 11 is 0. The molecule has 4 rings (SSSR count). The van der Waals surface area contributed by atoms with Crippen LogP contribution in [-0.4, -0.2) is 15.3 Å². The van der Waals surface area contributed by atoms with Crippen LogP contribution in [0.15, 0.2) is 60.7 Å². The third-order valence-electron chi connectivity index (χ3n) is 6.32. The Morgan fingerprint density at radius 3 is 1.54 bits per heavy atom. The van der Waals surface area contributed by atoms with Crippen molar-refractivity contribution >= 4 is 17.1 Å². The van der Waals surface area contributed by atoms with Crippen molar-refractivity contribution < 1.29 is 20.1 Å². The van der Waals surface area contributed by atoms with E-state index >= 15 is 0 Å². The molecule has 180 valence electrons. The lowest BCUT2D eigenvalue weighted by Gasteiger charge is -2.32. The Morgan fingerprint density at radius 2 is 1.03 bits per heavy atom. The lowest BCUT2D eigenvalue weighted by atomic mass is 10.0. The van der Waals surface area contributed by atoms with Crippen molar-refractivity contribution in [1.29, 1.82) is 0 Å². The second kappa shape index (κ2) is 9.26. The smallest absolute Gasteiger partial charge is 0.151 e. The van der Waals surface area contributed by atoms with E-state index in [-0.39, 0.29) is 17.2 Å². The average molecular weight is 470 g/mol. The predicted octanol–water partition coefficient (Wildman–Crippen LogP) is 7.92. The minimum Gasteiger partial charge on any atom is -0.508 e. The molecule has 0 saturated carbocycles. The Bertz CT molecular complexity index is 1340. The van der Waals surface area contributed by atoms with E-state index in [1.807, 2.05) is 95.0 Å². The van der Waals surface area contributed by atoms with E-state index in [2.05, 4.69) is 0 Å². The second-order valence-corrected chi connectivity index (χ2v) is 9.11. The third kappa shape index (κ3) is 4.37. The summed E-state index contributed by atoms with van der Waals surface area (Å²) in [6, 6.07) is 18.5. The molecular weight excluding hydrogens is 438 g/mol. The number of aryl methyl sites for hydroxylation is 6. The van der Waals surface area contributed by atoms with Crippen molar-refractivity contribution in [2.75, 3.05) is 4.90 Å². The molecule has 0 unspecified atom stereocenters. The van der Waals surface area contributed by atoms with Gasteiger partial charge in [-0.25, -0.2) is 0 Å². The fourth-order valence-electron chi connectivity index (χ4n) is 4.41. The van der Waals surface area contributed by atoms with Crippen LogP contribution in [0, 0.1) is 41.5 Å². The van der Waals surface area contributed by atoms with Gasteiger partial charge in [0.2, 0.25) is 0 Å². The van der Waals surface area contributed by atoms with Crippen LogP contribution < -0.4 is 9.64 Å². The zero-order valence-electron chi connectivity index (χ0n) is 21.0. The first kappa shape index (κ1) is 24.0. The molecular formula is C30H31NO4. The molecule has 0 aliphatic carbocycles. The number of hydrogen-bond donors (Lipinski definition) is 3. The SMILES string of the molecule is Cc1ccc(C)c(N(c2ccccc2Oc2c(C)cc(O)cc2C)c2c(C)ccc(C)c2O)c1O. The van der Waals surface area contributed by atoms with Crippen molar-refractivity contribution in [1.82, 2.24) is 0 Å². The lowest BCUT2D eigenvalue weighted by Crippen LogP contribution is -2.15. The quantitative estimate of drug-likeness (QED) is 0.277. The maximum atomic E-state index is 11.2. The molecule has 0 saturated heterocycles. The minimum absolute atomic E-state index is 0.136. The Morgan fingerprint density at radius 1 is 0.571 bits per heavy atom. The van der Waals surface area contributed by atoms with Gasteiger partial charge < -0.3 is 20.1 Å². The maximum Gasteiger partial charge on any atom is 0.151 e. The molecule has 0 fully saturated rings. The van der Waals surface area contributed by atoms with E-state index in [1.165, 1.54) is 0 Å². The summed E-state index contributed by atoms with van der Waals surface area (Å²) in [5.74, 6) is 1.65. The van der Waals surface area contributed by atoms with Gasteiger partial charge in [0.25, 0.3) is 0 Å². The molecule has 5 nitrogen and oxygen atoms in total. The predicted molar refractivity (Wildman–Crippen MR) is 141 cm³/mol. The summed E-state index contributed by atoms with van der Waals surface area (Å²) in [7, 11) is 0. The average Bonchev–Trinajstić information content (AvgIpc) is 2.81. The molecule has 0 aromatic heterocycles. The van der Waals surface area contributed by atoms with E-state index < -0.39 is 0 Å². The van der Waals surface area contributed by atoms with Crippen LogP contribution in [0.5, 0.6) is 28.7 Å². The summed E-state index contributed by atoms with van der Waals surface area (Å²) in [6.45, 7) is 11.3. The molecule has 4 aromatic carbocycles. The highest BCUT2D eigenvalue weighted by molar-refractivity contribution is 5.89. The van der Waals surface area contributed by atoms with E-state index in [0.717, 1.165) is 33.4 Å². The molecule has 0 atom stereocenters. The molecule has 0 amide bonds. The summed E-state index contributed by atoms with van der Waals surface area (Å²) in [4.78, 5) is 1.87. The van der Waals surface area contributed by atoms with E-state index in [4.69, 9.17) is 4.74 Å². The first-order valence-electron chi connectivity index (χ1n) is 11.6. The number of nitrogens with zero attached hydrogens (tertiary/aromatic N) is 1. The zero-order valence-corrected chi connectivity index (χ0v) is 21.0. The third-order valence-corrected chi connectivity index (χ3v) is 6.32. The van der Waals surface area contributed by atoms with E-state index in [0.29, 0.717) is 28.6 Å². The molecule has 4 aromatic rings. The number of phenols is 3. The largest absolute Gasteiger partial charge is 0.508 e. The Kier molecular flexibility index (Phi) is 6.35. The van der Waals surface area contributed by atoms with Gasteiger partial charge >= 0.3 is 0 Å². The monoisotopic (exact) mass is 469 g/mol. The van der Waals surface area contributed by atoms with Crippen LogP contribution in [-0.2, 0) is 0 Å². The molecule has 0 aliphatic rings. The summed E-state index contributed by atoms with van der Waals surface area (Å²) in [5.41, 5.74) is 6.55. The number of aromatic hydroxyl groups is 3. The number of benzene rings is 4. The van der Waals surface area contributed by atoms with Gasteiger partial charge in [0, 0.05) is 0 Å². The first-order chi connectivity index (χ1) is 16.6. The Balaban J connectivity index is 2.03. The normalized spacial score (nSPS) is 10.9. The van der Waals surface area contributed by atoms with Gasteiger partial charge in [-0.3, -0.25) is 4.90 Å². The van der Waals surface area contributed by atoms with Crippen LogP contribution in [0.3, 0.4) is 0 Å². The molecule has 0 spiro atoms. The topological polar surface area (TPSA) is 73.2 Å². The van der Waals surface area contributed by atoms with Crippen LogP contribution >= 0.6 is 0 Å². The highest BCUT2D eigenvalue weighted by Gasteiger charge is 2.27. The van der Waals surface area contributed by atoms with Crippen molar-refractivity contribution in [2.24, 2.45) is 0 Å². The van der Waals surface area contributed by atoms with E-state index in [9.17, 15) is 15.3 Å².